The molecule has 1 saturated heterocycles. The maximum absolute atomic E-state index is 12.5. The average molecular weight is 335 g/mol. The molecule has 6 nitrogen and oxygen atoms in total. The molecular weight excluding hydrogens is 310 g/mol. The summed E-state index contributed by atoms with van der Waals surface area (Å²) in [5.41, 5.74) is 0. The minimum absolute atomic E-state index is 0.0693. The predicted octanol–water partition coefficient (Wildman–Crippen LogP) is 2.26. The number of ether oxygens (including phenoxy) is 3. The third-order valence-electron chi connectivity index (χ3n) is 4.13. The number of amides is 1. The monoisotopic (exact) mass is 335 g/mol. The molecule has 1 amide bonds. The van der Waals surface area contributed by atoms with Crippen LogP contribution in [-0.2, 0) is 14.3 Å². The summed E-state index contributed by atoms with van der Waals surface area (Å²) in [6.07, 6.45) is 0.684. The number of carbonyl (C=O) groups excluding carboxylic acids is 2. The lowest BCUT2D eigenvalue weighted by atomic mass is 9.97. The quantitative estimate of drug-likeness (QED) is 0.746. The van der Waals surface area contributed by atoms with E-state index < -0.39 is 6.10 Å². The highest BCUT2D eigenvalue weighted by Gasteiger charge is 2.30. The Kier molecular flexibility index (Phi) is 6.46. The van der Waals surface area contributed by atoms with Gasteiger partial charge < -0.3 is 19.1 Å². The third-order valence-corrected chi connectivity index (χ3v) is 4.13. The Bertz CT molecular complexity index is 566. The molecule has 0 N–H and O–H groups in total. The summed E-state index contributed by atoms with van der Waals surface area (Å²) in [5.74, 6) is 0.938. The van der Waals surface area contributed by atoms with Gasteiger partial charge in [-0.15, -0.1) is 0 Å². The van der Waals surface area contributed by atoms with Gasteiger partial charge in [0.2, 0.25) is 0 Å². The van der Waals surface area contributed by atoms with Gasteiger partial charge in [-0.05, 0) is 38.8 Å². The number of likely N-dealkylation sites (tertiary alicyclic amines) is 1. The van der Waals surface area contributed by atoms with Crippen molar-refractivity contribution in [3.8, 4) is 11.5 Å². The van der Waals surface area contributed by atoms with Gasteiger partial charge in [0, 0.05) is 19.2 Å². The standard InChI is InChI=1S/C18H25NO5/c1-4-23-18(21)14-8-10-19(11-9-14)17(20)13(2)24-16-7-5-6-15(12-16)22-3/h5-7,12-14H,4,8-11H2,1-3H3. The fourth-order valence-corrected chi connectivity index (χ4v) is 2.78. The van der Waals surface area contributed by atoms with E-state index in [9.17, 15) is 9.59 Å². The number of benzene rings is 1. The number of hydrogen-bond donors (Lipinski definition) is 0. The lowest BCUT2D eigenvalue weighted by molar-refractivity contribution is -0.152. The minimum atomic E-state index is -0.587. The van der Waals surface area contributed by atoms with E-state index >= 15 is 0 Å². The molecule has 132 valence electrons. The van der Waals surface area contributed by atoms with Gasteiger partial charge in [-0.2, -0.15) is 0 Å². The van der Waals surface area contributed by atoms with Crippen LogP contribution in [0.1, 0.15) is 26.7 Å². The fourth-order valence-electron chi connectivity index (χ4n) is 2.78. The van der Waals surface area contributed by atoms with E-state index in [0.717, 1.165) is 0 Å². The van der Waals surface area contributed by atoms with E-state index in [1.165, 1.54) is 0 Å². The zero-order valence-electron chi connectivity index (χ0n) is 14.5. The molecule has 1 aromatic carbocycles. The van der Waals surface area contributed by atoms with Gasteiger partial charge in [0.1, 0.15) is 11.5 Å². The molecule has 1 fully saturated rings. The molecule has 1 atom stereocenters. The zero-order chi connectivity index (χ0) is 17.5. The number of hydrogen-bond acceptors (Lipinski definition) is 5. The largest absolute Gasteiger partial charge is 0.497 e. The number of nitrogens with zero attached hydrogens (tertiary/aromatic N) is 1. The summed E-state index contributed by atoms with van der Waals surface area (Å²) in [5, 5.41) is 0. The van der Waals surface area contributed by atoms with Crippen molar-refractivity contribution in [3.63, 3.8) is 0 Å². The van der Waals surface area contributed by atoms with Gasteiger partial charge in [0.05, 0.1) is 19.6 Å². The van der Waals surface area contributed by atoms with E-state index in [-0.39, 0.29) is 17.8 Å². The molecule has 6 heteroatoms. The van der Waals surface area contributed by atoms with E-state index in [1.54, 1.807) is 38.0 Å². The van der Waals surface area contributed by atoms with E-state index in [4.69, 9.17) is 14.2 Å². The van der Waals surface area contributed by atoms with Gasteiger partial charge in [0.15, 0.2) is 6.10 Å². The van der Waals surface area contributed by atoms with Crippen molar-refractivity contribution in [1.29, 1.82) is 0 Å². The van der Waals surface area contributed by atoms with Crippen molar-refractivity contribution in [2.75, 3.05) is 26.8 Å². The van der Waals surface area contributed by atoms with Crippen LogP contribution in [-0.4, -0.2) is 49.7 Å². The zero-order valence-corrected chi connectivity index (χ0v) is 14.5. The number of methoxy groups -OCH3 is 1. The highest BCUT2D eigenvalue weighted by molar-refractivity contribution is 5.81. The molecule has 0 aliphatic carbocycles. The first-order valence-electron chi connectivity index (χ1n) is 8.31. The lowest BCUT2D eigenvalue weighted by Gasteiger charge is -2.32. The normalized spacial score (nSPS) is 16.4. The van der Waals surface area contributed by atoms with Crippen molar-refractivity contribution >= 4 is 11.9 Å². The molecule has 0 radical (unpaired) electrons. The van der Waals surface area contributed by atoms with Crippen LogP contribution in [0.2, 0.25) is 0 Å². The SMILES string of the molecule is CCOC(=O)C1CCN(C(=O)C(C)Oc2cccc(OC)c2)CC1. The Morgan fingerprint density at radius 1 is 1.25 bits per heavy atom. The first-order valence-corrected chi connectivity index (χ1v) is 8.31. The smallest absolute Gasteiger partial charge is 0.309 e. The highest BCUT2D eigenvalue weighted by atomic mass is 16.5. The summed E-state index contributed by atoms with van der Waals surface area (Å²) in [7, 11) is 1.58. The highest BCUT2D eigenvalue weighted by Crippen LogP contribution is 2.22. The second-order valence-electron chi connectivity index (χ2n) is 5.79. The van der Waals surface area contributed by atoms with Crippen LogP contribution in [0.4, 0.5) is 0 Å². The molecular formula is C18H25NO5. The first kappa shape index (κ1) is 18.1. The number of rotatable bonds is 6. The molecule has 0 aromatic heterocycles. The number of carbonyl (C=O) groups is 2. The van der Waals surface area contributed by atoms with E-state index in [2.05, 4.69) is 0 Å². The van der Waals surface area contributed by atoms with Crippen LogP contribution in [0.25, 0.3) is 0 Å². The number of esters is 1. The molecule has 0 saturated carbocycles. The Balaban J connectivity index is 1.86. The second kappa shape index (κ2) is 8.57. The molecule has 24 heavy (non-hydrogen) atoms. The van der Waals surface area contributed by atoms with Crippen molar-refractivity contribution in [2.45, 2.75) is 32.8 Å². The summed E-state index contributed by atoms with van der Waals surface area (Å²) < 4.78 is 15.9. The Hall–Kier alpha value is -2.24. The van der Waals surface area contributed by atoms with Gasteiger partial charge in [-0.25, -0.2) is 0 Å². The first-order chi connectivity index (χ1) is 11.5. The molecule has 0 spiro atoms. The van der Waals surface area contributed by atoms with Crippen LogP contribution in [0, 0.1) is 5.92 Å². The molecule has 2 rings (SSSR count). The lowest BCUT2D eigenvalue weighted by Crippen LogP contribution is -2.45. The second-order valence-corrected chi connectivity index (χ2v) is 5.79. The Morgan fingerprint density at radius 2 is 1.92 bits per heavy atom. The minimum Gasteiger partial charge on any atom is -0.497 e. The number of piperidine rings is 1. The average Bonchev–Trinajstić information content (AvgIpc) is 2.61. The Labute approximate surface area is 142 Å². The van der Waals surface area contributed by atoms with Crippen LogP contribution in [0.3, 0.4) is 0 Å². The van der Waals surface area contributed by atoms with Gasteiger partial charge >= 0.3 is 5.97 Å². The molecule has 0 bridgehead atoms. The predicted molar refractivity (Wildman–Crippen MR) is 89.0 cm³/mol. The van der Waals surface area contributed by atoms with Crippen LogP contribution < -0.4 is 9.47 Å². The van der Waals surface area contributed by atoms with Gasteiger partial charge in [0.25, 0.3) is 5.91 Å². The molecule has 1 aliphatic heterocycles. The van der Waals surface area contributed by atoms with Crippen LogP contribution in [0.5, 0.6) is 11.5 Å². The summed E-state index contributed by atoms with van der Waals surface area (Å²) in [6, 6.07) is 7.17. The van der Waals surface area contributed by atoms with E-state index in [1.807, 2.05) is 12.1 Å². The Morgan fingerprint density at radius 3 is 2.54 bits per heavy atom. The van der Waals surface area contributed by atoms with Gasteiger partial charge in [-0.3, -0.25) is 9.59 Å². The molecule has 1 heterocycles. The van der Waals surface area contributed by atoms with Gasteiger partial charge in [-0.1, -0.05) is 6.07 Å². The summed E-state index contributed by atoms with van der Waals surface area (Å²) >= 11 is 0. The third kappa shape index (κ3) is 4.63. The summed E-state index contributed by atoms with van der Waals surface area (Å²) in [6.45, 7) is 5.03. The molecule has 1 aliphatic rings. The van der Waals surface area contributed by atoms with Crippen molar-refractivity contribution < 1.29 is 23.8 Å². The molecule has 1 aromatic rings. The van der Waals surface area contributed by atoms with E-state index in [0.29, 0.717) is 44.0 Å². The van der Waals surface area contributed by atoms with Crippen molar-refractivity contribution in [1.82, 2.24) is 4.90 Å². The maximum Gasteiger partial charge on any atom is 0.309 e. The van der Waals surface area contributed by atoms with Crippen LogP contribution in [0.15, 0.2) is 24.3 Å². The summed E-state index contributed by atoms with van der Waals surface area (Å²) in [4.78, 5) is 26.0. The maximum atomic E-state index is 12.5. The van der Waals surface area contributed by atoms with Crippen molar-refractivity contribution in [3.05, 3.63) is 24.3 Å². The fraction of sp³-hybridized carbons (Fsp3) is 0.556. The van der Waals surface area contributed by atoms with Crippen LogP contribution >= 0.6 is 0 Å². The van der Waals surface area contributed by atoms with Crippen molar-refractivity contribution in [2.24, 2.45) is 5.92 Å². The molecule has 1 unspecified atom stereocenters. The topological polar surface area (TPSA) is 65.1 Å².